The van der Waals surface area contributed by atoms with Crippen LogP contribution in [-0.2, 0) is 13.5 Å². The quantitative estimate of drug-likeness (QED) is 0.716. The van der Waals surface area contributed by atoms with Crippen molar-refractivity contribution < 1.29 is 4.79 Å². The van der Waals surface area contributed by atoms with Crippen LogP contribution in [-0.4, -0.2) is 26.0 Å². The molecule has 16 heavy (non-hydrogen) atoms. The molecule has 1 aromatic carbocycles. The molecule has 1 aromatic heterocycles. The number of ketones is 1. The smallest absolute Gasteiger partial charge is 0.182 e. The Morgan fingerprint density at radius 2 is 2.00 bits per heavy atom. The highest BCUT2D eigenvalue weighted by atomic mass is 16.1. The summed E-state index contributed by atoms with van der Waals surface area (Å²) in [6.07, 6.45) is 0.191. The van der Waals surface area contributed by atoms with Crippen LogP contribution >= 0.6 is 0 Å². The third kappa shape index (κ3) is 2.31. The Labute approximate surface area is 93.1 Å². The number of aromatic nitrogens is 4. The molecule has 0 aliphatic heterocycles. The molecule has 0 aliphatic carbocycles. The van der Waals surface area contributed by atoms with E-state index in [-0.39, 0.29) is 12.2 Å². The van der Waals surface area contributed by atoms with Crippen LogP contribution in [0.4, 0.5) is 0 Å². The first kappa shape index (κ1) is 10.5. The second-order valence-corrected chi connectivity index (χ2v) is 3.66. The van der Waals surface area contributed by atoms with Crippen molar-refractivity contribution in [1.82, 2.24) is 20.2 Å². The van der Waals surface area contributed by atoms with E-state index >= 15 is 0 Å². The maximum atomic E-state index is 11.8. The van der Waals surface area contributed by atoms with Crippen LogP contribution in [0.25, 0.3) is 0 Å². The number of hydrogen-bond donors (Lipinski definition) is 0. The number of benzene rings is 1. The largest absolute Gasteiger partial charge is 0.294 e. The zero-order chi connectivity index (χ0) is 11.5. The number of hydrogen-bond acceptors (Lipinski definition) is 4. The molecular formula is C11H12N4O. The second kappa shape index (κ2) is 4.22. The fourth-order valence-electron chi connectivity index (χ4n) is 1.38. The van der Waals surface area contributed by atoms with Crippen molar-refractivity contribution in [3.05, 3.63) is 41.2 Å². The minimum absolute atomic E-state index is 0.00741. The van der Waals surface area contributed by atoms with Gasteiger partial charge in [-0.05, 0) is 12.1 Å². The van der Waals surface area contributed by atoms with Gasteiger partial charge in [0.2, 0.25) is 0 Å². The fourth-order valence-corrected chi connectivity index (χ4v) is 1.38. The Bertz CT molecular complexity index is 501. The zero-order valence-corrected chi connectivity index (χ0v) is 9.21. The monoisotopic (exact) mass is 216 g/mol. The van der Waals surface area contributed by atoms with Crippen LogP contribution in [0, 0.1) is 6.92 Å². The molecule has 2 aromatic rings. The summed E-state index contributed by atoms with van der Waals surface area (Å²) in [6, 6.07) is 7.46. The van der Waals surface area contributed by atoms with E-state index in [9.17, 15) is 4.79 Å². The van der Waals surface area contributed by atoms with E-state index < -0.39 is 0 Å². The van der Waals surface area contributed by atoms with Gasteiger partial charge in [0.1, 0.15) is 0 Å². The highest BCUT2D eigenvalue weighted by molar-refractivity contribution is 5.97. The Balaban J connectivity index is 2.11. The zero-order valence-electron chi connectivity index (χ0n) is 9.21. The molecule has 5 heteroatoms. The van der Waals surface area contributed by atoms with Crippen molar-refractivity contribution >= 4 is 5.78 Å². The van der Waals surface area contributed by atoms with Gasteiger partial charge in [0.05, 0.1) is 13.5 Å². The van der Waals surface area contributed by atoms with E-state index in [1.807, 2.05) is 31.2 Å². The highest BCUT2D eigenvalue weighted by Gasteiger charge is 2.10. The van der Waals surface area contributed by atoms with Crippen LogP contribution in [0.1, 0.15) is 21.7 Å². The molecule has 0 radical (unpaired) electrons. The summed E-state index contributed by atoms with van der Waals surface area (Å²) in [7, 11) is 1.67. The van der Waals surface area contributed by atoms with E-state index in [2.05, 4.69) is 15.4 Å². The SMILES string of the molecule is Cc1ccc(C(=O)Cc2nnn(C)n2)cc1. The molecule has 2 rings (SSSR count). The van der Waals surface area contributed by atoms with E-state index in [0.29, 0.717) is 11.4 Å². The summed E-state index contributed by atoms with van der Waals surface area (Å²) in [5.41, 5.74) is 1.81. The summed E-state index contributed by atoms with van der Waals surface area (Å²) in [5, 5.41) is 11.4. The molecule has 82 valence electrons. The van der Waals surface area contributed by atoms with Gasteiger partial charge in [-0.2, -0.15) is 4.80 Å². The van der Waals surface area contributed by atoms with Gasteiger partial charge < -0.3 is 0 Å². The molecule has 0 unspecified atom stereocenters. The van der Waals surface area contributed by atoms with Crippen LogP contribution in [0.2, 0.25) is 0 Å². The summed E-state index contributed by atoms with van der Waals surface area (Å²) >= 11 is 0. The van der Waals surface area contributed by atoms with Crippen molar-refractivity contribution in [2.45, 2.75) is 13.3 Å². The summed E-state index contributed by atoms with van der Waals surface area (Å²) in [4.78, 5) is 13.2. The predicted octanol–water partition coefficient (Wildman–Crippen LogP) is 0.944. The first-order chi connectivity index (χ1) is 7.65. The maximum Gasteiger partial charge on any atom is 0.182 e. The summed E-state index contributed by atoms with van der Waals surface area (Å²) < 4.78 is 0. The minimum atomic E-state index is 0.00741. The van der Waals surface area contributed by atoms with E-state index in [0.717, 1.165) is 5.56 Å². The Morgan fingerprint density at radius 1 is 1.31 bits per heavy atom. The van der Waals surface area contributed by atoms with Crippen LogP contribution in [0.3, 0.4) is 0 Å². The average molecular weight is 216 g/mol. The van der Waals surface area contributed by atoms with Gasteiger partial charge in [-0.1, -0.05) is 29.8 Å². The number of aryl methyl sites for hydroxylation is 2. The van der Waals surface area contributed by atoms with Gasteiger partial charge in [-0.25, -0.2) is 0 Å². The lowest BCUT2D eigenvalue weighted by atomic mass is 10.1. The molecule has 0 N–H and O–H groups in total. The number of rotatable bonds is 3. The third-order valence-corrected chi connectivity index (χ3v) is 2.24. The number of carbonyl (C=O) groups excluding carboxylic acids is 1. The fraction of sp³-hybridized carbons (Fsp3) is 0.273. The molecule has 0 spiro atoms. The summed E-state index contributed by atoms with van der Waals surface area (Å²) in [5.74, 6) is 0.459. The van der Waals surface area contributed by atoms with Crippen molar-refractivity contribution in [2.75, 3.05) is 0 Å². The standard InChI is InChI=1S/C11H12N4O/c1-8-3-5-9(6-4-8)10(16)7-11-12-14-15(2)13-11/h3-6H,7H2,1-2H3. The van der Waals surface area contributed by atoms with Crippen molar-refractivity contribution in [1.29, 1.82) is 0 Å². The Hall–Kier alpha value is -2.04. The van der Waals surface area contributed by atoms with E-state index in [1.54, 1.807) is 7.05 Å². The lowest BCUT2D eigenvalue weighted by molar-refractivity contribution is 0.0990. The molecular weight excluding hydrogens is 204 g/mol. The van der Waals surface area contributed by atoms with Gasteiger partial charge in [0.15, 0.2) is 11.6 Å². The van der Waals surface area contributed by atoms with Gasteiger partial charge in [-0.15, -0.1) is 10.2 Å². The molecule has 0 atom stereocenters. The number of carbonyl (C=O) groups is 1. The molecule has 0 fully saturated rings. The molecule has 0 aliphatic rings. The van der Waals surface area contributed by atoms with E-state index in [1.165, 1.54) is 4.80 Å². The van der Waals surface area contributed by atoms with Crippen molar-refractivity contribution in [3.63, 3.8) is 0 Å². The normalized spacial score (nSPS) is 10.4. The second-order valence-electron chi connectivity index (χ2n) is 3.66. The van der Waals surface area contributed by atoms with Crippen LogP contribution in [0.5, 0.6) is 0 Å². The topological polar surface area (TPSA) is 60.7 Å². The third-order valence-electron chi connectivity index (χ3n) is 2.24. The van der Waals surface area contributed by atoms with Gasteiger partial charge in [-0.3, -0.25) is 4.79 Å². The van der Waals surface area contributed by atoms with Crippen LogP contribution < -0.4 is 0 Å². The molecule has 0 saturated carbocycles. The molecule has 0 saturated heterocycles. The number of Topliss-reactive ketones (excluding diaryl/α,β-unsaturated/α-hetero) is 1. The predicted molar refractivity (Wildman–Crippen MR) is 58.0 cm³/mol. The lowest BCUT2D eigenvalue weighted by Gasteiger charge is -1.98. The van der Waals surface area contributed by atoms with E-state index in [4.69, 9.17) is 0 Å². The minimum Gasteiger partial charge on any atom is -0.294 e. The van der Waals surface area contributed by atoms with Gasteiger partial charge >= 0.3 is 0 Å². The number of nitrogens with zero attached hydrogens (tertiary/aromatic N) is 4. The average Bonchev–Trinajstić information content (AvgIpc) is 2.65. The lowest BCUT2D eigenvalue weighted by Crippen LogP contribution is -2.05. The maximum absolute atomic E-state index is 11.8. The Morgan fingerprint density at radius 3 is 2.56 bits per heavy atom. The number of tetrazole rings is 1. The van der Waals surface area contributed by atoms with Crippen LogP contribution in [0.15, 0.2) is 24.3 Å². The molecule has 0 bridgehead atoms. The highest BCUT2D eigenvalue weighted by Crippen LogP contribution is 2.06. The molecule has 5 nitrogen and oxygen atoms in total. The first-order valence-corrected chi connectivity index (χ1v) is 4.98. The van der Waals surface area contributed by atoms with Crippen molar-refractivity contribution in [3.8, 4) is 0 Å². The van der Waals surface area contributed by atoms with Gasteiger partial charge in [0.25, 0.3) is 0 Å². The molecule has 0 amide bonds. The summed E-state index contributed by atoms with van der Waals surface area (Å²) in [6.45, 7) is 1.98. The van der Waals surface area contributed by atoms with Crippen molar-refractivity contribution in [2.24, 2.45) is 7.05 Å². The molecule has 1 heterocycles. The van der Waals surface area contributed by atoms with Gasteiger partial charge in [0, 0.05) is 5.56 Å². The Kier molecular flexibility index (Phi) is 2.76. The first-order valence-electron chi connectivity index (χ1n) is 4.98.